The SMILES string of the molecule is C=CC(=O)C(CCC)C(N)=O. The third-order valence-electron chi connectivity index (χ3n) is 1.47. The Kier molecular flexibility index (Phi) is 4.18. The van der Waals surface area contributed by atoms with Gasteiger partial charge in [-0.1, -0.05) is 19.9 Å². The molecule has 0 aliphatic heterocycles. The molecule has 3 heteroatoms. The third-order valence-corrected chi connectivity index (χ3v) is 1.47. The fraction of sp³-hybridized carbons (Fsp3) is 0.500. The summed E-state index contributed by atoms with van der Waals surface area (Å²) in [6, 6.07) is 0. The Morgan fingerprint density at radius 3 is 2.45 bits per heavy atom. The number of nitrogens with two attached hydrogens (primary N) is 1. The number of allylic oxidation sites excluding steroid dienone is 1. The predicted octanol–water partition coefficient (Wildman–Crippen LogP) is 0.643. The number of amides is 1. The van der Waals surface area contributed by atoms with Crippen molar-refractivity contribution in [2.45, 2.75) is 19.8 Å². The van der Waals surface area contributed by atoms with Gasteiger partial charge in [0, 0.05) is 0 Å². The van der Waals surface area contributed by atoms with Crippen LogP contribution in [-0.2, 0) is 9.59 Å². The van der Waals surface area contributed by atoms with Crippen molar-refractivity contribution >= 4 is 11.7 Å². The van der Waals surface area contributed by atoms with Crippen molar-refractivity contribution in [3.05, 3.63) is 12.7 Å². The molecule has 0 fully saturated rings. The minimum atomic E-state index is -0.669. The van der Waals surface area contributed by atoms with Gasteiger partial charge in [-0.2, -0.15) is 0 Å². The molecule has 0 aromatic carbocycles. The molecule has 0 spiro atoms. The summed E-state index contributed by atoms with van der Waals surface area (Å²) >= 11 is 0. The molecule has 0 aromatic rings. The number of hydrogen-bond acceptors (Lipinski definition) is 2. The minimum absolute atomic E-state index is 0.278. The maximum absolute atomic E-state index is 10.9. The molecule has 0 rings (SSSR count). The van der Waals surface area contributed by atoms with E-state index in [0.29, 0.717) is 6.42 Å². The van der Waals surface area contributed by atoms with Gasteiger partial charge in [-0.25, -0.2) is 0 Å². The molecule has 0 bridgehead atoms. The Balaban J connectivity index is 4.20. The lowest BCUT2D eigenvalue weighted by atomic mass is 9.98. The standard InChI is InChI=1S/C8H13NO2/c1-3-5-6(8(9)11)7(10)4-2/h4,6H,2-3,5H2,1H3,(H2,9,11). The largest absolute Gasteiger partial charge is 0.369 e. The molecular weight excluding hydrogens is 142 g/mol. The van der Waals surface area contributed by atoms with Crippen LogP contribution in [0, 0.1) is 5.92 Å². The van der Waals surface area contributed by atoms with Crippen LogP contribution in [-0.4, -0.2) is 11.7 Å². The highest BCUT2D eigenvalue weighted by atomic mass is 16.2. The van der Waals surface area contributed by atoms with Gasteiger partial charge < -0.3 is 5.73 Å². The topological polar surface area (TPSA) is 60.2 Å². The third kappa shape index (κ3) is 2.98. The number of rotatable bonds is 5. The second-order valence-corrected chi connectivity index (χ2v) is 2.35. The second-order valence-electron chi connectivity index (χ2n) is 2.35. The first-order valence-electron chi connectivity index (χ1n) is 3.59. The van der Waals surface area contributed by atoms with E-state index in [1.807, 2.05) is 6.92 Å². The molecule has 0 saturated heterocycles. The van der Waals surface area contributed by atoms with Crippen LogP contribution >= 0.6 is 0 Å². The number of carbonyl (C=O) groups excluding carboxylic acids is 2. The van der Waals surface area contributed by atoms with Crippen molar-refractivity contribution in [2.75, 3.05) is 0 Å². The quantitative estimate of drug-likeness (QED) is 0.468. The first kappa shape index (κ1) is 9.88. The number of carbonyl (C=O) groups is 2. The molecular formula is C8H13NO2. The molecule has 2 N–H and O–H groups in total. The van der Waals surface area contributed by atoms with Gasteiger partial charge >= 0.3 is 0 Å². The number of ketones is 1. The normalized spacial score (nSPS) is 12.1. The monoisotopic (exact) mass is 155 g/mol. The van der Waals surface area contributed by atoms with E-state index < -0.39 is 11.8 Å². The molecule has 0 aliphatic rings. The van der Waals surface area contributed by atoms with E-state index in [1.165, 1.54) is 0 Å². The molecule has 0 saturated carbocycles. The highest BCUT2D eigenvalue weighted by molar-refractivity contribution is 6.05. The van der Waals surface area contributed by atoms with Crippen molar-refractivity contribution < 1.29 is 9.59 Å². The number of hydrogen-bond donors (Lipinski definition) is 1. The average Bonchev–Trinajstić information content (AvgIpc) is 1.98. The molecule has 62 valence electrons. The molecule has 0 aromatic heterocycles. The van der Waals surface area contributed by atoms with Gasteiger partial charge in [-0.05, 0) is 12.5 Å². The zero-order valence-electron chi connectivity index (χ0n) is 6.67. The summed E-state index contributed by atoms with van der Waals surface area (Å²) in [5, 5.41) is 0. The van der Waals surface area contributed by atoms with Crippen LogP contribution in [0.2, 0.25) is 0 Å². The summed E-state index contributed by atoms with van der Waals surface area (Å²) in [6.45, 7) is 5.18. The smallest absolute Gasteiger partial charge is 0.228 e. The summed E-state index contributed by atoms with van der Waals surface area (Å²) < 4.78 is 0. The Bertz CT molecular complexity index is 175. The van der Waals surface area contributed by atoms with E-state index in [2.05, 4.69) is 6.58 Å². The van der Waals surface area contributed by atoms with Gasteiger partial charge in [-0.3, -0.25) is 9.59 Å². The molecule has 0 radical (unpaired) electrons. The van der Waals surface area contributed by atoms with Gasteiger partial charge in [0.15, 0.2) is 5.78 Å². The lowest BCUT2D eigenvalue weighted by Gasteiger charge is -2.06. The Morgan fingerprint density at radius 2 is 2.18 bits per heavy atom. The van der Waals surface area contributed by atoms with Crippen LogP contribution in [0.1, 0.15) is 19.8 Å². The highest BCUT2D eigenvalue weighted by Gasteiger charge is 2.19. The summed E-state index contributed by atoms with van der Waals surface area (Å²) in [5.74, 6) is -1.51. The van der Waals surface area contributed by atoms with Crippen LogP contribution in [0.15, 0.2) is 12.7 Å². The highest BCUT2D eigenvalue weighted by Crippen LogP contribution is 2.06. The van der Waals surface area contributed by atoms with Crippen molar-refractivity contribution in [1.82, 2.24) is 0 Å². The molecule has 1 unspecified atom stereocenters. The van der Waals surface area contributed by atoms with Gasteiger partial charge in [0.2, 0.25) is 5.91 Å². The molecule has 3 nitrogen and oxygen atoms in total. The van der Waals surface area contributed by atoms with E-state index in [0.717, 1.165) is 12.5 Å². The fourth-order valence-electron chi connectivity index (χ4n) is 0.856. The Hall–Kier alpha value is -1.12. The second kappa shape index (κ2) is 4.66. The first-order chi connectivity index (χ1) is 5.13. The van der Waals surface area contributed by atoms with Crippen LogP contribution < -0.4 is 5.73 Å². The van der Waals surface area contributed by atoms with Crippen LogP contribution in [0.4, 0.5) is 0 Å². The molecule has 1 atom stereocenters. The Morgan fingerprint density at radius 1 is 1.64 bits per heavy atom. The fourth-order valence-corrected chi connectivity index (χ4v) is 0.856. The van der Waals surface area contributed by atoms with Crippen LogP contribution in [0.25, 0.3) is 0 Å². The lowest BCUT2D eigenvalue weighted by Crippen LogP contribution is -2.29. The molecule has 1 amide bonds. The van der Waals surface area contributed by atoms with Crippen molar-refractivity contribution in [3.8, 4) is 0 Å². The minimum Gasteiger partial charge on any atom is -0.369 e. The van der Waals surface area contributed by atoms with Crippen molar-refractivity contribution in [1.29, 1.82) is 0 Å². The van der Waals surface area contributed by atoms with Gasteiger partial charge in [0.25, 0.3) is 0 Å². The maximum atomic E-state index is 10.9. The van der Waals surface area contributed by atoms with Gasteiger partial charge in [-0.15, -0.1) is 0 Å². The lowest BCUT2D eigenvalue weighted by molar-refractivity contribution is -0.129. The first-order valence-corrected chi connectivity index (χ1v) is 3.59. The summed E-state index contributed by atoms with van der Waals surface area (Å²) in [6.07, 6.45) is 2.43. The maximum Gasteiger partial charge on any atom is 0.228 e. The number of primary amides is 1. The van der Waals surface area contributed by atoms with E-state index >= 15 is 0 Å². The summed E-state index contributed by atoms with van der Waals surface area (Å²) in [5.41, 5.74) is 4.99. The van der Waals surface area contributed by atoms with E-state index in [-0.39, 0.29) is 5.78 Å². The average molecular weight is 155 g/mol. The van der Waals surface area contributed by atoms with E-state index in [1.54, 1.807) is 0 Å². The summed E-state index contributed by atoms with van der Waals surface area (Å²) in [4.78, 5) is 21.6. The van der Waals surface area contributed by atoms with Crippen molar-refractivity contribution in [2.24, 2.45) is 11.7 Å². The Labute approximate surface area is 66.3 Å². The zero-order valence-corrected chi connectivity index (χ0v) is 6.67. The van der Waals surface area contributed by atoms with E-state index in [4.69, 9.17) is 5.73 Å². The van der Waals surface area contributed by atoms with Crippen LogP contribution in [0.5, 0.6) is 0 Å². The zero-order chi connectivity index (χ0) is 8.85. The van der Waals surface area contributed by atoms with E-state index in [9.17, 15) is 9.59 Å². The predicted molar refractivity (Wildman–Crippen MR) is 42.8 cm³/mol. The van der Waals surface area contributed by atoms with Crippen molar-refractivity contribution in [3.63, 3.8) is 0 Å². The van der Waals surface area contributed by atoms with Gasteiger partial charge in [0.05, 0.1) is 0 Å². The van der Waals surface area contributed by atoms with Gasteiger partial charge in [0.1, 0.15) is 5.92 Å². The molecule has 0 aliphatic carbocycles. The molecule has 11 heavy (non-hydrogen) atoms. The summed E-state index contributed by atoms with van der Waals surface area (Å²) in [7, 11) is 0. The molecule has 0 heterocycles. The van der Waals surface area contributed by atoms with Crippen LogP contribution in [0.3, 0.4) is 0 Å².